The molecular formula is C16H16O9. The molecule has 2 aliphatic rings. The molecule has 6 atom stereocenters. The van der Waals surface area contributed by atoms with Gasteiger partial charge in [-0.15, -0.1) is 0 Å². The first-order valence-corrected chi connectivity index (χ1v) is 7.54. The van der Waals surface area contributed by atoms with Gasteiger partial charge in [-0.2, -0.15) is 0 Å². The molecule has 0 spiro atoms. The molecular weight excluding hydrogens is 336 g/mol. The Morgan fingerprint density at radius 3 is 2.20 bits per heavy atom. The van der Waals surface area contributed by atoms with Crippen LogP contribution >= 0.6 is 0 Å². The standard InChI is InChI=1S/C16H16O9/c17-5-8-11(20)12(21)14(23)16(24-8)25-15-10(19)7-4-2-1-3-6(7)9(18)13(15)22/h1-4,8,11-12,14-17,20-21,23H,5H2/t8-,11+,12+,14-,15?,16-/m0/s1. The van der Waals surface area contributed by atoms with E-state index in [-0.39, 0.29) is 11.1 Å². The van der Waals surface area contributed by atoms with Gasteiger partial charge in [0.1, 0.15) is 24.4 Å². The van der Waals surface area contributed by atoms with Crippen molar-refractivity contribution in [3.05, 3.63) is 35.4 Å². The van der Waals surface area contributed by atoms with Gasteiger partial charge in [0.2, 0.25) is 17.3 Å². The summed E-state index contributed by atoms with van der Waals surface area (Å²) in [4.78, 5) is 36.8. The van der Waals surface area contributed by atoms with Gasteiger partial charge < -0.3 is 29.9 Å². The number of rotatable bonds is 3. The molecule has 0 radical (unpaired) electrons. The van der Waals surface area contributed by atoms with Crippen LogP contribution in [0.3, 0.4) is 0 Å². The number of fused-ring (bicyclic) bond motifs is 1. The number of aliphatic hydroxyl groups is 4. The highest BCUT2D eigenvalue weighted by molar-refractivity contribution is 6.53. The first-order chi connectivity index (χ1) is 11.9. The third kappa shape index (κ3) is 2.91. The van der Waals surface area contributed by atoms with Crippen LogP contribution in [-0.2, 0) is 14.3 Å². The Kier molecular flexibility index (Phi) is 4.78. The quantitative estimate of drug-likeness (QED) is 0.351. The molecule has 1 aliphatic heterocycles. The van der Waals surface area contributed by atoms with E-state index in [1.807, 2.05) is 0 Å². The highest BCUT2D eigenvalue weighted by Gasteiger charge is 2.48. The number of Topliss-reactive ketones (excluding diaryl/α,β-unsaturated/α-hetero) is 3. The topological polar surface area (TPSA) is 151 Å². The smallest absolute Gasteiger partial charge is 0.240 e. The Labute approximate surface area is 141 Å². The molecule has 9 nitrogen and oxygen atoms in total. The second kappa shape index (κ2) is 6.71. The number of ether oxygens (including phenoxy) is 2. The zero-order valence-electron chi connectivity index (χ0n) is 12.8. The minimum atomic E-state index is -1.84. The second-order valence-corrected chi connectivity index (χ2v) is 5.82. The summed E-state index contributed by atoms with van der Waals surface area (Å²) in [6, 6.07) is 5.74. The summed E-state index contributed by atoms with van der Waals surface area (Å²) in [5.41, 5.74) is -0.0344. The molecule has 0 amide bonds. The van der Waals surface area contributed by atoms with E-state index in [1.165, 1.54) is 24.3 Å². The third-order valence-electron chi connectivity index (χ3n) is 4.26. The van der Waals surface area contributed by atoms with Gasteiger partial charge >= 0.3 is 0 Å². The fourth-order valence-electron chi connectivity index (χ4n) is 2.85. The van der Waals surface area contributed by atoms with E-state index in [0.29, 0.717) is 0 Å². The molecule has 1 heterocycles. The molecule has 25 heavy (non-hydrogen) atoms. The molecule has 0 bridgehead atoms. The van der Waals surface area contributed by atoms with Gasteiger partial charge in [-0.25, -0.2) is 0 Å². The van der Waals surface area contributed by atoms with Crippen LogP contribution < -0.4 is 0 Å². The van der Waals surface area contributed by atoms with Gasteiger partial charge in [-0.05, 0) is 0 Å². The maximum Gasteiger partial charge on any atom is 0.240 e. The van der Waals surface area contributed by atoms with Crippen molar-refractivity contribution in [3.8, 4) is 0 Å². The van der Waals surface area contributed by atoms with Crippen LogP contribution in [0, 0.1) is 0 Å². The zero-order valence-corrected chi connectivity index (χ0v) is 12.8. The van der Waals surface area contributed by atoms with Gasteiger partial charge in [0, 0.05) is 11.1 Å². The van der Waals surface area contributed by atoms with E-state index in [0.717, 1.165) is 0 Å². The minimum absolute atomic E-state index is 0.00157. The van der Waals surface area contributed by atoms with Crippen molar-refractivity contribution in [2.24, 2.45) is 0 Å². The van der Waals surface area contributed by atoms with Crippen molar-refractivity contribution in [3.63, 3.8) is 0 Å². The number of carbonyl (C=O) groups is 3. The van der Waals surface area contributed by atoms with E-state index < -0.39 is 60.8 Å². The van der Waals surface area contributed by atoms with E-state index in [1.54, 1.807) is 0 Å². The van der Waals surface area contributed by atoms with Gasteiger partial charge in [-0.3, -0.25) is 14.4 Å². The summed E-state index contributed by atoms with van der Waals surface area (Å²) in [6.07, 6.45) is -9.92. The lowest BCUT2D eigenvalue weighted by molar-refractivity contribution is -0.304. The molecule has 1 fully saturated rings. The van der Waals surface area contributed by atoms with Gasteiger partial charge in [0.25, 0.3) is 0 Å². The van der Waals surface area contributed by atoms with Crippen LogP contribution in [0.2, 0.25) is 0 Å². The summed E-state index contributed by atoms with van der Waals surface area (Å²) in [7, 11) is 0. The van der Waals surface area contributed by atoms with E-state index >= 15 is 0 Å². The van der Waals surface area contributed by atoms with Crippen molar-refractivity contribution < 1.29 is 44.3 Å². The summed E-state index contributed by atoms with van der Waals surface area (Å²) in [6.45, 7) is -0.695. The highest BCUT2D eigenvalue weighted by atomic mass is 16.7. The number of benzene rings is 1. The highest BCUT2D eigenvalue weighted by Crippen LogP contribution is 2.27. The summed E-state index contributed by atoms with van der Waals surface area (Å²) in [5, 5.41) is 38.5. The Bertz CT molecular complexity index is 713. The molecule has 3 rings (SSSR count). The van der Waals surface area contributed by atoms with E-state index in [4.69, 9.17) is 14.6 Å². The largest absolute Gasteiger partial charge is 0.394 e. The zero-order chi connectivity index (χ0) is 18.3. The Morgan fingerprint density at radius 2 is 1.56 bits per heavy atom. The minimum Gasteiger partial charge on any atom is -0.394 e. The van der Waals surface area contributed by atoms with Crippen LogP contribution in [0.4, 0.5) is 0 Å². The van der Waals surface area contributed by atoms with Gasteiger partial charge in [0.05, 0.1) is 6.61 Å². The fraction of sp³-hybridized carbons (Fsp3) is 0.438. The van der Waals surface area contributed by atoms with Crippen LogP contribution in [-0.4, -0.2) is 81.2 Å². The van der Waals surface area contributed by atoms with Crippen LogP contribution in [0.1, 0.15) is 20.7 Å². The molecule has 134 valence electrons. The summed E-state index contributed by atoms with van der Waals surface area (Å²) in [5.74, 6) is -2.82. The van der Waals surface area contributed by atoms with Crippen LogP contribution in [0.25, 0.3) is 0 Å². The first kappa shape index (κ1) is 17.8. The lowest BCUT2D eigenvalue weighted by atomic mass is 9.86. The van der Waals surface area contributed by atoms with Crippen molar-refractivity contribution in [2.45, 2.75) is 36.8 Å². The van der Waals surface area contributed by atoms with Crippen molar-refractivity contribution in [2.75, 3.05) is 6.61 Å². The lowest BCUT2D eigenvalue weighted by Gasteiger charge is -2.40. The molecule has 4 N–H and O–H groups in total. The Hall–Kier alpha value is -2.01. The second-order valence-electron chi connectivity index (χ2n) is 5.82. The first-order valence-electron chi connectivity index (χ1n) is 7.54. The number of carbonyl (C=O) groups excluding carboxylic acids is 3. The van der Waals surface area contributed by atoms with Crippen molar-refractivity contribution in [1.82, 2.24) is 0 Å². The van der Waals surface area contributed by atoms with Gasteiger partial charge in [0.15, 0.2) is 12.4 Å². The van der Waals surface area contributed by atoms with Crippen LogP contribution in [0.15, 0.2) is 24.3 Å². The third-order valence-corrected chi connectivity index (χ3v) is 4.26. The maximum absolute atomic E-state index is 12.5. The summed E-state index contributed by atoms with van der Waals surface area (Å²) >= 11 is 0. The maximum atomic E-state index is 12.5. The molecule has 1 aromatic carbocycles. The number of ketones is 3. The van der Waals surface area contributed by atoms with E-state index in [2.05, 4.69) is 0 Å². The molecule has 9 heteroatoms. The molecule has 1 unspecified atom stereocenters. The molecule has 0 aromatic heterocycles. The average Bonchev–Trinajstić information content (AvgIpc) is 2.63. The number of hydrogen-bond acceptors (Lipinski definition) is 9. The number of hydrogen-bond donors (Lipinski definition) is 4. The predicted molar refractivity (Wildman–Crippen MR) is 78.8 cm³/mol. The summed E-state index contributed by atoms with van der Waals surface area (Å²) < 4.78 is 10.3. The fourth-order valence-corrected chi connectivity index (χ4v) is 2.85. The normalized spacial score (nSPS) is 35.6. The van der Waals surface area contributed by atoms with E-state index in [9.17, 15) is 29.7 Å². The van der Waals surface area contributed by atoms with Gasteiger partial charge in [-0.1, -0.05) is 24.3 Å². The van der Waals surface area contributed by atoms with Crippen LogP contribution in [0.5, 0.6) is 0 Å². The average molecular weight is 352 g/mol. The molecule has 1 aliphatic carbocycles. The predicted octanol–water partition coefficient (Wildman–Crippen LogP) is -2.18. The molecule has 0 saturated carbocycles. The lowest BCUT2D eigenvalue weighted by Crippen LogP contribution is -2.61. The Balaban J connectivity index is 1.86. The monoisotopic (exact) mass is 352 g/mol. The molecule has 1 saturated heterocycles. The Morgan fingerprint density at radius 1 is 0.920 bits per heavy atom. The van der Waals surface area contributed by atoms with Crippen molar-refractivity contribution >= 4 is 17.3 Å². The van der Waals surface area contributed by atoms with Crippen molar-refractivity contribution in [1.29, 1.82) is 0 Å². The molecule has 1 aromatic rings. The number of aliphatic hydroxyl groups excluding tert-OH is 4. The SMILES string of the molecule is O=C1C(=O)C(O[C@@H]2O[C@@H](CO)[C@@H](O)[C@@H](O)[C@@H]2O)C(=O)c2ccccc21.